The van der Waals surface area contributed by atoms with Gasteiger partial charge in [-0.15, -0.1) is 0 Å². The van der Waals surface area contributed by atoms with Gasteiger partial charge in [0.15, 0.2) is 11.5 Å². The Bertz CT molecular complexity index is 998. The van der Waals surface area contributed by atoms with E-state index < -0.39 is 5.79 Å². The number of piperazine rings is 1. The molecule has 1 saturated heterocycles. The van der Waals surface area contributed by atoms with Gasteiger partial charge in [-0.1, -0.05) is 6.42 Å². The van der Waals surface area contributed by atoms with Gasteiger partial charge in [-0.3, -0.25) is 14.6 Å². The maximum Gasteiger partial charge on any atom is 0.251 e. The molecule has 1 aliphatic carbocycles. The Kier molecular flexibility index (Phi) is 7.29. The van der Waals surface area contributed by atoms with Gasteiger partial charge in [0.1, 0.15) is 18.1 Å². The Morgan fingerprint density at radius 2 is 1.60 bits per heavy atom. The summed E-state index contributed by atoms with van der Waals surface area (Å²) in [6, 6.07) is 13.3. The standard InChI is InChI=1S/C27H35N3O5/c1-32-22-6-8-23(9-7-22)33-18-17-29-13-15-30(16-14-29)20-26(31)28-21-5-10-24-25(19-21)35-27(34-24)11-3-2-4-12-27/h5-10,19H,2-4,11-18,20H2,1H3,(H,28,31). The number of fused-ring (bicyclic) bond motifs is 1. The molecule has 8 nitrogen and oxygen atoms in total. The number of hydrogen-bond donors (Lipinski definition) is 1. The van der Waals surface area contributed by atoms with Gasteiger partial charge in [-0.25, -0.2) is 0 Å². The lowest BCUT2D eigenvalue weighted by Gasteiger charge is -2.34. The lowest BCUT2D eigenvalue weighted by molar-refractivity contribution is -0.117. The molecule has 1 saturated carbocycles. The van der Waals surface area contributed by atoms with Crippen LogP contribution in [0.1, 0.15) is 32.1 Å². The van der Waals surface area contributed by atoms with E-state index in [4.69, 9.17) is 18.9 Å². The van der Waals surface area contributed by atoms with E-state index in [1.165, 1.54) is 6.42 Å². The molecule has 2 aromatic carbocycles. The molecule has 0 aromatic heterocycles. The van der Waals surface area contributed by atoms with E-state index >= 15 is 0 Å². The first-order valence-electron chi connectivity index (χ1n) is 12.6. The number of nitrogens with one attached hydrogen (secondary N) is 1. The number of hydrogen-bond acceptors (Lipinski definition) is 7. The van der Waals surface area contributed by atoms with E-state index in [0.29, 0.717) is 13.2 Å². The zero-order chi connectivity index (χ0) is 24.1. The van der Waals surface area contributed by atoms with Crippen molar-refractivity contribution in [3.05, 3.63) is 42.5 Å². The van der Waals surface area contributed by atoms with Gasteiger partial charge < -0.3 is 24.3 Å². The molecule has 1 N–H and O–H groups in total. The van der Waals surface area contributed by atoms with Crippen LogP contribution in [0, 0.1) is 0 Å². The second kappa shape index (κ2) is 10.7. The molecule has 188 valence electrons. The molecule has 5 rings (SSSR count). The molecule has 0 unspecified atom stereocenters. The summed E-state index contributed by atoms with van der Waals surface area (Å²) in [6.45, 7) is 5.45. The van der Waals surface area contributed by atoms with Crippen LogP contribution in [-0.4, -0.2) is 74.5 Å². The topological polar surface area (TPSA) is 72.5 Å². The second-order valence-corrected chi connectivity index (χ2v) is 9.53. The van der Waals surface area contributed by atoms with E-state index in [9.17, 15) is 4.79 Å². The number of anilines is 1. The highest BCUT2D eigenvalue weighted by molar-refractivity contribution is 5.92. The number of nitrogens with zero attached hydrogens (tertiary/aromatic N) is 2. The quantitative estimate of drug-likeness (QED) is 0.616. The summed E-state index contributed by atoms with van der Waals surface area (Å²) < 4.78 is 23.3. The molecule has 0 atom stereocenters. The van der Waals surface area contributed by atoms with Crippen LogP contribution >= 0.6 is 0 Å². The van der Waals surface area contributed by atoms with E-state index in [0.717, 1.165) is 87.1 Å². The molecule has 1 spiro atoms. The number of methoxy groups -OCH3 is 1. The summed E-state index contributed by atoms with van der Waals surface area (Å²) in [6.07, 6.45) is 5.32. The van der Waals surface area contributed by atoms with Crippen molar-refractivity contribution in [1.29, 1.82) is 0 Å². The number of carbonyl (C=O) groups excluding carboxylic acids is 1. The number of benzene rings is 2. The molecule has 2 fully saturated rings. The van der Waals surface area contributed by atoms with Crippen molar-refractivity contribution >= 4 is 11.6 Å². The van der Waals surface area contributed by atoms with Gasteiger partial charge in [0.2, 0.25) is 5.91 Å². The van der Waals surface area contributed by atoms with Gasteiger partial charge in [0, 0.05) is 57.3 Å². The number of amides is 1. The fraction of sp³-hybridized carbons (Fsp3) is 0.519. The molecule has 8 heteroatoms. The van der Waals surface area contributed by atoms with Gasteiger partial charge in [-0.2, -0.15) is 0 Å². The minimum atomic E-state index is -0.497. The van der Waals surface area contributed by atoms with Crippen LogP contribution in [0.15, 0.2) is 42.5 Å². The molecule has 2 aliphatic heterocycles. The van der Waals surface area contributed by atoms with E-state index in [1.54, 1.807) is 7.11 Å². The molecule has 2 heterocycles. The Balaban J connectivity index is 1.02. The van der Waals surface area contributed by atoms with Crippen LogP contribution < -0.4 is 24.3 Å². The largest absolute Gasteiger partial charge is 0.497 e. The Morgan fingerprint density at radius 1 is 0.914 bits per heavy atom. The van der Waals surface area contributed by atoms with Crippen molar-refractivity contribution in [3.8, 4) is 23.0 Å². The Labute approximate surface area is 207 Å². The van der Waals surface area contributed by atoms with Crippen molar-refractivity contribution in [2.75, 3.05) is 58.3 Å². The zero-order valence-corrected chi connectivity index (χ0v) is 20.5. The van der Waals surface area contributed by atoms with Gasteiger partial charge >= 0.3 is 0 Å². The van der Waals surface area contributed by atoms with Crippen LogP contribution in [0.3, 0.4) is 0 Å². The highest BCUT2D eigenvalue weighted by Gasteiger charge is 2.42. The normalized spacial score (nSPS) is 19.5. The number of rotatable bonds is 8. The summed E-state index contributed by atoms with van der Waals surface area (Å²) >= 11 is 0. The Hall–Kier alpha value is -2.97. The average Bonchev–Trinajstić information content (AvgIpc) is 3.22. The minimum absolute atomic E-state index is 0.00691. The zero-order valence-electron chi connectivity index (χ0n) is 20.5. The molecular weight excluding hydrogens is 446 g/mol. The third kappa shape index (κ3) is 6.00. The van der Waals surface area contributed by atoms with Crippen LogP contribution in [0.2, 0.25) is 0 Å². The highest BCUT2D eigenvalue weighted by atomic mass is 16.7. The predicted molar refractivity (Wildman–Crippen MR) is 134 cm³/mol. The molecule has 0 bridgehead atoms. The number of ether oxygens (including phenoxy) is 4. The third-order valence-electron chi connectivity index (χ3n) is 7.00. The first-order chi connectivity index (χ1) is 17.1. The molecule has 2 aromatic rings. The number of carbonyl (C=O) groups is 1. The van der Waals surface area contributed by atoms with Gasteiger partial charge in [0.25, 0.3) is 5.79 Å². The summed E-state index contributed by atoms with van der Waals surface area (Å²) in [4.78, 5) is 17.2. The summed E-state index contributed by atoms with van der Waals surface area (Å²) in [5.74, 6) is 2.67. The smallest absolute Gasteiger partial charge is 0.251 e. The highest BCUT2D eigenvalue weighted by Crippen LogP contribution is 2.46. The van der Waals surface area contributed by atoms with Crippen LogP contribution in [0.5, 0.6) is 23.0 Å². The second-order valence-electron chi connectivity index (χ2n) is 9.53. The fourth-order valence-electron chi connectivity index (χ4n) is 5.01. The molecular formula is C27H35N3O5. The molecule has 35 heavy (non-hydrogen) atoms. The maximum atomic E-state index is 12.7. The lowest BCUT2D eigenvalue weighted by Crippen LogP contribution is -2.49. The van der Waals surface area contributed by atoms with Crippen LogP contribution in [0.4, 0.5) is 5.69 Å². The van der Waals surface area contributed by atoms with Crippen molar-refractivity contribution in [1.82, 2.24) is 9.80 Å². The summed E-state index contributed by atoms with van der Waals surface area (Å²) in [5.41, 5.74) is 0.750. The maximum absolute atomic E-state index is 12.7. The van der Waals surface area contributed by atoms with Crippen molar-refractivity contribution in [2.24, 2.45) is 0 Å². The van der Waals surface area contributed by atoms with Crippen LogP contribution in [-0.2, 0) is 4.79 Å². The first kappa shape index (κ1) is 23.8. The summed E-state index contributed by atoms with van der Waals surface area (Å²) in [7, 11) is 1.65. The summed E-state index contributed by atoms with van der Waals surface area (Å²) in [5, 5.41) is 3.02. The van der Waals surface area contributed by atoms with E-state index in [2.05, 4.69) is 15.1 Å². The molecule has 1 amide bonds. The minimum Gasteiger partial charge on any atom is -0.497 e. The lowest BCUT2D eigenvalue weighted by atomic mass is 9.94. The third-order valence-corrected chi connectivity index (χ3v) is 7.00. The monoisotopic (exact) mass is 481 g/mol. The van der Waals surface area contributed by atoms with Crippen molar-refractivity contribution in [3.63, 3.8) is 0 Å². The van der Waals surface area contributed by atoms with E-state index in [1.807, 2.05) is 42.5 Å². The fourth-order valence-corrected chi connectivity index (χ4v) is 5.01. The first-order valence-corrected chi connectivity index (χ1v) is 12.6. The molecule has 0 radical (unpaired) electrons. The van der Waals surface area contributed by atoms with E-state index in [-0.39, 0.29) is 5.91 Å². The SMILES string of the molecule is COc1ccc(OCCN2CCN(CC(=O)Nc3ccc4c(c3)OC3(CCCCC3)O4)CC2)cc1. The predicted octanol–water partition coefficient (Wildman–Crippen LogP) is 3.76. The van der Waals surface area contributed by atoms with Crippen LogP contribution in [0.25, 0.3) is 0 Å². The molecule has 3 aliphatic rings. The van der Waals surface area contributed by atoms with Gasteiger partial charge in [-0.05, 0) is 49.2 Å². The van der Waals surface area contributed by atoms with Crippen molar-refractivity contribution in [2.45, 2.75) is 37.9 Å². The average molecular weight is 482 g/mol. The van der Waals surface area contributed by atoms with Gasteiger partial charge in [0.05, 0.1) is 13.7 Å². The Morgan fingerprint density at radius 3 is 2.34 bits per heavy atom. The van der Waals surface area contributed by atoms with Crippen molar-refractivity contribution < 1.29 is 23.7 Å².